The highest BCUT2D eigenvalue weighted by molar-refractivity contribution is 7.80. The second kappa shape index (κ2) is 12.6. The van der Waals surface area contributed by atoms with Crippen LogP contribution >= 0.6 is 12.2 Å². The molecule has 0 atom stereocenters. The number of ether oxygens (including phenoxy) is 1. The second-order valence-electron chi connectivity index (χ2n) is 8.04. The molecule has 8 nitrogen and oxygen atoms in total. The Morgan fingerprint density at radius 2 is 1.74 bits per heavy atom. The average Bonchev–Trinajstić information content (AvgIpc) is 2.82. The Morgan fingerprint density at radius 3 is 2.45 bits per heavy atom. The van der Waals surface area contributed by atoms with Crippen LogP contribution in [0.3, 0.4) is 0 Å². The molecule has 1 saturated heterocycles. The van der Waals surface area contributed by atoms with E-state index in [0.717, 1.165) is 71.5 Å². The van der Waals surface area contributed by atoms with E-state index in [0.29, 0.717) is 16.4 Å². The van der Waals surface area contributed by atoms with E-state index in [-0.39, 0.29) is 17.7 Å². The molecule has 2 amide bonds. The van der Waals surface area contributed by atoms with E-state index in [1.165, 1.54) is 6.42 Å². The maximum Gasteiger partial charge on any atom is 0.269 e. The first-order valence-electron chi connectivity index (χ1n) is 11.2. The number of nitrogens with one attached hydrogen (secondary N) is 4. The molecule has 1 aliphatic heterocycles. The molecule has 0 spiro atoms. The molecule has 0 aromatic heterocycles. The van der Waals surface area contributed by atoms with Crippen LogP contribution in [-0.2, 0) is 9.53 Å². The summed E-state index contributed by atoms with van der Waals surface area (Å²) < 4.78 is 5.34. The van der Waals surface area contributed by atoms with E-state index in [4.69, 9.17) is 17.0 Å². The molecule has 2 fully saturated rings. The highest BCUT2D eigenvalue weighted by atomic mass is 32.1. The van der Waals surface area contributed by atoms with Gasteiger partial charge in [-0.25, -0.2) is 0 Å². The molecule has 1 aromatic carbocycles. The van der Waals surface area contributed by atoms with Crippen molar-refractivity contribution in [1.29, 1.82) is 0 Å². The second-order valence-corrected chi connectivity index (χ2v) is 8.45. The van der Waals surface area contributed by atoms with Crippen molar-refractivity contribution >= 4 is 34.8 Å². The Hall–Kier alpha value is -2.23. The summed E-state index contributed by atoms with van der Waals surface area (Å²) in [5.74, 6) is -0.116. The molecule has 1 aromatic rings. The molecule has 4 N–H and O–H groups in total. The lowest BCUT2D eigenvalue weighted by atomic mass is 9.88. The summed E-state index contributed by atoms with van der Waals surface area (Å²) in [7, 11) is 0. The summed E-state index contributed by atoms with van der Waals surface area (Å²) >= 11 is 5.20. The van der Waals surface area contributed by atoms with Gasteiger partial charge in [-0.1, -0.05) is 19.3 Å². The van der Waals surface area contributed by atoms with Gasteiger partial charge in [0.2, 0.25) is 5.91 Å². The number of nitrogens with zero attached hydrogens (tertiary/aromatic N) is 1. The molecule has 0 unspecified atom stereocenters. The number of thiocarbonyl (C=S) groups is 1. The summed E-state index contributed by atoms with van der Waals surface area (Å²) in [6.07, 6.45) is 6.33. The van der Waals surface area contributed by atoms with Gasteiger partial charge in [-0.2, -0.15) is 0 Å². The number of anilines is 1. The first kappa shape index (κ1) is 23.4. The van der Waals surface area contributed by atoms with Crippen molar-refractivity contribution in [3.05, 3.63) is 29.8 Å². The van der Waals surface area contributed by atoms with E-state index in [2.05, 4.69) is 26.4 Å². The highest BCUT2D eigenvalue weighted by Gasteiger charge is 2.21. The third-order valence-corrected chi connectivity index (χ3v) is 5.97. The Balaban J connectivity index is 1.32. The quantitative estimate of drug-likeness (QED) is 0.289. The predicted octanol–water partition coefficient (Wildman–Crippen LogP) is 2.04. The monoisotopic (exact) mass is 447 g/mol. The Morgan fingerprint density at radius 1 is 1.03 bits per heavy atom. The number of carbonyl (C=O) groups excluding carboxylic acids is 2. The third kappa shape index (κ3) is 8.08. The van der Waals surface area contributed by atoms with Crippen LogP contribution in [-0.4, -0.2) is 61.2 Å². The summed E-state index contributed by atoms with van der Waals surface area (Å²) in [4.78, 5) is 27.0. The number of carbonyl (C=O) groups is 2. The number of morpholine rings is 1. The fourth-order valence-electron chi connectivity index (χ4n) is 3.87. The van der Waals surface area contributed by atoms with E-state index < -0.39 is 0 Å². The summed E-state index contributed by atoms with van der Waals surface area (Å²) in [6.45, 7) is 5.27. The molecular weight excluding hydrogens is 414 g/mol. The van der Waals surface area contributed by atoms with Crippen molar-refractivity contribution in [2.24, 2.45) is 5.92 Å². The molecule has 0 radical (unpaired) electrons. The molecular formula is C22H33N5O3S. The maximum atomic E-state index is 12.3. The van der Waals surface area contributed by atoms with Gasteiger partial charge in [-0.05, 0) is 62.3 Å². The number of hydrogen-bond acceptors (Lipinski definition) is 5. The first-order chi connectivity index (χ1) is 15.1. The van der Waals surface area contributed by atoms with Crippen molar-refractivity contribution in [3.8, 4) is 0 Å². The lowest BCUT2D eigenvalue weighted by molar-refractivity contribution is -0.120. The molecule has 2 aliphatic rings. The highest BCUT2D eigenvalue weighted by Crippen LogP contribution is 2.25. The predicted molar refractivity (Wildman–Crippen MR) is 125 cm³/mol. The minimum atomic E-state index is -0.289. The number of benzene rings is 1. The minimum absolute atomic E-state index is 0.0728. The lowest BCUT2D eigenvalue weighted by Gasteiger charge is -2.26. The molecule has 0 bridgehead atoms. The molecule has 1 aliphatic carbocycles. The van der Waals surface area contributed by atoms with E-state index in [1.54, 1.807) is 24.3 Å². The van der Waals surface area contributed by atoms with Crippen molar-refractivity contribution in [1.82, 2.24) is 21.1 Å². The van der Waals surface area contributed by atoms with E-state index in [9.17, 15) is 9.59 Å². The van der Waals surface area contributed by atoms with Gasteiger partial charge >= 0.3 is 0 Å². The van der Waals surface area contributed by atoms with Crippen LogP contribution in [0.25, 0.3) is 0 Å². The third-order valence-electron chi connectivity index (χ3n) is 5.72. The molecule has 1 heterocycles. The van der Waals surface area contributed by atoms with Crippen LogP contribution in [0.1, 0.15) is 48.9 Å². The topological polar surface area (TPSA) is 94.7 Å². The molecule has 3 rings (SSSR count). The van der Waals surface area contributed by atoms with E-state index in [1.807, 2.05) is 0 Å². The Bertz CT molecular complexity index is 731. The van der Waals surface area contributed by atoms with Gasteiger partial charge in [0.25, 0.3) is 5.91 Å². The number of amides is 2. The Labute approximate surface area is 189 Å². The van der Waals surface area contributed by atoms with Gasteiger partial charge in [0.15, 0.2) is 5.11 Å². The Kier molecular flexibility index (Phi) is 9.51. The largest absolute Gasteiger partial charge is 0.379 e. The van der Waals surface area contributed by atoms with Crippen LogP contribution in [0, 0.1) is 5.92 Å². The average molecular weight is 448 g/mol. The van der Waals surface area contributed by atoms with Gasteiger partial charge in [-0.3, -0.25) is 25.3 Å². The number of hydrogen-bond donors (Lipinski definition) is 4. The van der Waals surface area contributed by atoms with Crippen molar-refractivity contribution in [2.75, 3.05) is 44.7 Å². The first-order valence-corrected chi connectivity index (χ1v) is 11.6. The fourth-order valence-corrected chi connectivity index (χ4v) is 4.03. The molecule has 31 heavy (non-hydrogen) atoms. The zero-order valence-corrected chi connectivity index (χ0v) is 18.8. The zero-order chi connectivity index (χ0) is 21.9. The van der Waals surface area contributed by atoms with Gasteiger partial charge in [0, 0.05) is 36.8 Å². The molecule has 170 valence electrons. The summed E-state index contributed by atoms with van der Waals surface area (Å²) in [5.41, 5.74) is 6.51. The standard InChI is InChI=1S/C22H33N5O3S/c28-20(17-5-2-1-3-6-17)24-19-9-7-18(8-10-19)21(29)25-26-22(31)23-11-4-12-27-13-15-30-16-14-27/h7-10,17H,1-6,11-16H2,(H,24,28)(H,25,29)(H2,23,26,31). The number of rotatable bonds is 7. The van der Waals surface area contributed by atoms with Gasteiger partial charge < -0.3 is 15.4 Å². The van der Waals surface area contributed by atoms with Crippen LogP contribution in [0.15, 0.2) is 24.3 Å². The van der Waals surface area contributed by atoms with Gasteiger partial charge in [0.05, 0.1) is 13.2 Å². The zero-order valence-electron chi connectivity index (χ0n) is 18.0. The summed E-state index contributed by atoms with van der Waals surface area (Å²) in [6, 6.07) is 6.87. The normalized spacial score (nSPS) is 17.5. The van der Waals surface area contributed by atoms with Gasteiger partial charge in [-0.15, -0.1) is 0 Å². The SMILES string of the molecule is O=C(NNC(=S)NCCCN1CCOCC1)c1ccc(NC(=O)C2CCCCC2)cc1. The molecule has 1 saturated carbocycles. The maximum absolute atomic E-state index is 12.3. The smallest absolute Gasteiger partial charge is 0.269 e. The minimum Gasteiger partial charge on any atom is -0.379 e. The van der Waals surface area contributed by atoms with E-state index >= 15 is 0 Å². The number of hydrazine groups is 1. The van der Waals surface area contributed by atoms with Crippen molar-refractivity contribution < 1.29 is 14.3 Å². The van der Waals surface area contributed by atoms with Crippen molar-refractivity contribution in [3.63, 3.8) is 0 Å². The lowest BCUT2D eigenvalue weighted by Crippen LogP contribution is -2.47. The summed E-state index contributed by atoms with van der Waals surface area (Å²) in [5, 5.41) is 6.43. The molecule has 9 heteroatoms. The van der Waals surface area contributed by atoms with Gasteiger partial charge in [0.1, 0.15) is 0 Å². The van der Waals surface area contributed by atoms with Crippen LogP contribution in [0.2, 0.25) is 0 Å². The fraction of sp³-hybridized carbons (Fsp3) is 0.591. The van der Waals surface area contributed by atoms with Crippen LogP contribution in [0.5, 0.6) is 0 Å². The van der Waals surface area contributed by atoms with Crippen LogP contribution in [0.4, 0.5) is 5.69 Å². The van der Waals surface area contributed by atoms with Crippen LogP contribution < -0.4 is 21.5 Å². The van der Waals surface area contributed by atoms with Crippen molar-refractivity contribution in [2.45, 2.75) is 38.5 Å².